The summed E-state index contributed by atoms with van der Waals surface area (Å²) in [6.45, 7) is 0. The number of hydrogen-bond donors (Lipinski definition) is 2. The van der Waals surface area contributed by atoms with Gasteiger partial charge in [0.05, 0.1) is 11.4 Å². The summed E-state index contributed by atoms with van der Waals surface area (Å²) in [7, 11) is 0. The number of nitrogens with one attached hydrogen (secondary N) is 1. The van der Waals surface area contributed by atoms with E-state index in [9.17, 15) is 4.39 Å². The molecular formula is C11H15FN2S. The highest BCUT2D eigenvalue weighted by Gasteiger charge is 2.14. The van der Waals surface area contributed by atoms with Crippen LogP contribution >= 0.6 is 11.8 Å². The van der Waals surface area contributed by atoms with Gasteiger partial charge >= 0.3 is 0 Å². The summed E-state index contributed by atoms with van der Waals surface area (Å²) in [6.07, 6.45) is 2.41. The van der Waals surface area contributed by atoms with Crippen molar-refractivity contribution in [2.75, 3.05) is 22.6 Å². The zero-order valence-electron chi connectivity index (χ0n) is 8.50. The van der Waals surface area contributed by atoms with Gasteiger partial charge in [-0.05, 0) is 36.8 Å². The highest BCUT2D eigenvalue weighted by Crippen LogP contribution is 2.24. The van der Waals surface area contributed by atoms with Gasteiger partial charge in [0, 0.05) is 11.8 Å². The third-order valence-corrected chi connectivity index (χ3v) is 3.75. The number of halogens is 1. The first kappa shape index (κ1) is 10.6. The van der Waals surface area contributed by atoms with E-state index >= 15 is 0 Å². The number of rotatable bonds is 2. The molecule has 3 N–H and O–H groups in total. The van der Waals surface area contributed by atoms with Gasteiger partial charge in [-0.1, -0.05) is 0 Å². The van der Waals surface area contributed by atoms with Crippen molar-refractivity contribution in [3.8, 4) is 0 Å². The molecule has 1 saturated heterocycles. The number of hydrogen-bond acceptors (Lipinski definition) is 3. The topological polar surface area (TPSA) is 38.0 Å². The maximum absolute atomic E-state index is 12.8. The van der Waals surface area contributed by atoms with Gasteiger partial charge in [-0.3, -0.25) is 0 Å². The van der Waals surface area contributed by atoms with Crippen molar-refractivity contribution in [2.24, 2.45) is 0 Å². The maximum Gasteiger partial charge on any atom is 0.125 e. The van der Waals surface area contributed by atoms with Crippen molar-refractivity contribution in [2.45, 2.75) is 18.9 Å². The van der Waals surface area contributed by atoms with Gasteiger partial charge in [-0.25, -0.2) is 4.39 Å². The fourth-order valence-corrected chi connectivity index (χ4v) is 2.81. The first-order chi connectivity index (χ1) is 7.25. The number of thioether (sulfide) groups is 1. The molecule has 82 valence electrons. The molecule has 4 heteroatoms. The molecule has 0 radical (unpaired) electrons. The molecule has 0 aromatic heterocycles. The molecule has 1 atom stereocenters. The molecule has 2 rings (SSSR count). The van der Waals surface area contributed by atoms with Crippen LogP contribution in [0.2, 0.25) is 0 Å². The second kappa shape index (κ2) is 4.75. The van der Waals surface area contributed by atoms with E-state index in [2.05, 4.69) is 5.32 Å². The molecule has 0 aliphatic carbocycles. The molecule has 2 nitrogen and oxygen atoms in total. The van der Waals surface area contributed by atoms with E-state index in [1.165, 1.54) is 30.7 Å². The molecule has 0 amide bonds. The normalized spacial score (nSPS) is 21.3. The Morgan fingerprint density at radius 3 is 3.00 bits per heavy atom. The Morgan fingerprint density at radius 2 is 2.33 bits per heavy atom. The second-order valence-corrected chi connectivity index (χ2v) is 4.94. The predicted octanol–water partition coefficient (Wildman–Crippen LogP) is 2.72. The molecule has 1 aromatic carbocycles. The van der Waals surface area contributed by atoms with Gasteiger partial charge in [-0.2, -0.15) is 11.8 Å². The predicted molar refractivity (Wildman–Crippen MR) is 64.8 cm³/mol. The molecular weight excluding hydrogens is 211 g/mol. The quantitative estimate of drug-likeness (QED) is 0.761. The minimum Gasteiger partial charge on any atom is -0.397 e. The lowest BCUT2D eigenvalue weighted by molar-refractivity contribution is 0.628. The van der Waals surface area contributed by atoms with Crippen LogP contribution < -0.4 is 11.1 Å². The number of nitrogens with two attached hydrogens (primary N) is 1. The van der Waals surface area contributed by atoms with Crippen LogP contribution in [0.4, 0.5) is 15.8 Å². The van der Waals surface area contributed by atoms with Gasteiger partial charge in [0.25, 0.3) is 0 Å². The van der Waals surface area contributed by atoms with Gasteiger partial charge < -0.3 is 11.1 Å². The van der Waals surface area contributed by atoms with Crippen molar-refractivity contribution in [1.29, 1.82) is 0 Å². The maximum atomic E-state index is 12.8. The van der Waals surface area contributed by atoms with Gasteiger partial charge in [0.2, 0.25) is 0 Å². The van der Waals surface area contributed by atoms with Gasteiger partial charge in [0.15, 0.2) is 0 Å². The lowest BCUT2D eigenvalue weighted by Gasteiger charge is -2.24. The van der Waals surface area contributed by atoms with E-state index in [1.54, 1.807) is 6.07 Å². The summed E-state index contributed by atoms with van der Waals surface area (Å²) in [4.78, 5) is 0. The van der Waals surface area contributed by atoms with Crippen molar-refractivity contribution in [3.63, 3.8) is 0 Å². The van der Waals surface area contributed by atoms with E-state index < -0.39 is 0 Å². The molecule has 1 aromatic rings. The highest BCUT2D eigenvalue weighted by molar-refractivity contribution is 7.99. The molecule has 1 unspecified atom stereocenters. The van der Waals surface area contributed by atoms with E-state index in [-0.39, 0.29) is 5.82 Å². The molecule has 1 aliphatic heterocycles. The lowest BCUT2D eigenvalue weighted by atomic mass is 10.1. The van der Waals surface area contributed by atoms with Gasteiger partial charge in [0.1, 0.15) is 5.82 Å². The third-order valence-electron chi connectivity index (χ3n) is 2.53. The van der Waals surface area contributed by atoms with E-state index in [4.69, 9.17) is 5.73 Å². The van der Waals surface area contributed by atoms with Crippen molar-refractivity contribution >= 4 is 23.1 Å². The minimum absolute atomic E-state index is 0.281. The summed E-state index contributed by atoms with van der Waals surface area (Å²) in [5, 5.41) is 3.36. The van der Waals surface area contributed by atoms with Crippen LogP contribution in [0.5, 0.6) is 0 Å². The van der Waals surface area contributed by atoms with Crippen molar-refractivity contribution in [3.05, 3.63) is 24.0 Å². The average molecular weight is 226 g/mol. The van der Waals surface area contributed by atoms with E-state index in [0.717, 1.165) is 11.4 Å². The fourth-order valence-electron chi connectivity index (χ4n) is 1.74. The molecule has 1 aliphatic rings. The summed E-state index contributed by atoms with van der Waals surface area (Å²) in [6, 6.07) is 4.98. The zero-order valence-corrected chi connectivity index (χ0v) is 9.32. The molecule has 15 heavy (non-hydrogen) atoms. The van der Waals surface area contributed by atoms with Crippen LogP contribution in [0.3, 0.4) is 0 Å². The summed E-state index contributed by atoms with van der Waals surface area (Å²) in [5.74, 6) is 2.07. The van der Waals surface area contributed by atoms with Crippen LogP contribution in [0.1, 0.15) is 12.8 Å². The third kappa shape index (κ3) is 2.78. The zero-order chi connectivity index (χ0) is 10.7. The average Bonchev–Trinajstić information content (AvgIpc) is 2.24. The fraction of sp³-hybridized carbons (Fsp3) is 0.455. The Bertz CT molecular complexity index is 337. The lowest BCUT2D eigenvalue weighted by Crippen LogP contribution is -2.26. The minimum atomic E-state index is -0.281. The Hall–Kier alpha value is -0.900. The van der Waals surface area contributed by atoms with Crippen LogP contribution in [-0.2, 0) is 0 Å². The molecule has 1 fully saturated rings. The molecule has 0 bridgehead atoms. The summed E-state index contributed by atoms with van der Waals surface area (Å²) in [5.41, 5.74) is 7.07. The Morgan fingerprint density at radius 1 is 1.47 bits per heavy atom. The monoisotopic (exact) mass is 226 g/mol. The van der Waals surface area contributed by atoms with Crippen LogP contribution in [0.15, 0.2) is 18.2 Å². The van der Waals surface area contributed by atoms with Gasteiger partial charge in [-0.15, -0.1) is 0 Å². The first-order valence-corrected chi connectivity index (χ1v) is 6.30. The van der Waals surface area contributed by atoms with Crippen LogP contribution in [0, 0.1) is 5.82 Å². The van der Waals surface area contributed by atoms with E-state index in [0.29, 0.717) is 11.7 Å². The smallest absolute Gasteiger partial charge is 0.125 e. The number of anilines is 2. The number of nitrogen functional groups attached to an aromatic ring is 1. The summed E-state index contributed by atoms with van der Waals surface area (Å²) < 4.78 is 12.8. The SMILES string of the molecule is Nc1cc(F)ccc1NC1CCCSC1. The highest BCUT2D eigenvalue weighted by atomic mass is 32.2. The Kier molecular flexibility index (Phi) is 3.36. The molecule has 0 spiro atoms. The molecule has 1 heterocycles. The van der Waals surface area contributed by atoms with Crippen LogP contribution in [0.25, 0.3) is 0 Å². The Labute approximate surface area is 93.4 Å². The largest absolute Gasteiger partial charge is 0.397 e. The number of benzene rings is 1. The summed E-state index contributed by atoms with van der Waals surface area (Å²) >= 11 is 1.95. The second-order valence-electron chi connectivity index (χ2n) is 3.79. The van der Waals surface area contributed by atoms with E-state index in [1.807, 2.05) is 11.8 Å². The standard InChI is InChI=1S/C11H15FN2S/c12-8-3-4-11(10(13)6-8)14-9-2-1-5-15-7-9/h3-4,6,9,14H,1-2,5,7,13H2. The van der Waals surface area contributed by atoms with Crippen molar-refractivity contribution < 1.29 is 4.39 Å². The van der Waals surface area contributed by atoms with Crippen LogP contribution in [-0.4, -0.2) is 17.5 Å². The first-order valence-electron chi connectivity index (χ1n) is 5.15. The molecule has 0 saturated carbocycles. The Balaban J connectivity index is 2.03. The van der Waals surface area contributed by atoms with Crippen molar-refractivity contribution in [1.82, 2.24) is 0 Å².